The van der Waals surface area contributed by atoms with E-state index in [4.69, 9.17) is 11.6 Å². The first-order valence-electron chi connectivity index (χ1n) is 8.02. The van der Waals surface area contributed by atoms with Gasteiger partial charge < -0.3 is 15.5 Å². The first kappa shape index (κ1) is 20.5. The Hall–Kier alpha value is -3.21. The fourth-order valence-corrected chi connectivity index (χ4v) is 3.44. The monoisotopic (exact) mass is 435 g/mol. The number of carbonyl (C=O) groups is 1. The van der Waals surface area contributed by atoms with Crippen LogP contribution in [0.2, 0.25) is 5.02 Å². The molecule has 0 bridgehead atoms. The van der Waals surface area contributed by atoms with Crippen LogP contribution in [0.25, 0.3) is 10.8 Å². The number of amides is 1. The molecule has 0 aliphatic rings. The molecule has 0 radical (unpaired) electrons. The number of halogens is 1. The van der Waals surface area contributed by atoms with Crippen LogP contribution in [-0.2, 0) is 14.9 Å². The average Bonchev–Trinajstić information content (AvgIpc) is 2.63. The van der Waals surface area contributed by atoms with Gasteiger partial charge >= 0.3 is 0 Å². The average molecular weight is 436 g/mol. The quantitative estimate of drug-likeness (QED) is 0.349. The Balaban J connectivity index is 2.21. The first-order valence-corrected chi connectivity index (χ1v) is 9.83. The van der Waals surface area contributed by atoms with Crippen LogP contribution in [0.4, 0.5) is 17.1 Å². The minimum absolute atomic E-state index is 0.0281. The molecule has 1 amide bonds. The molecule has 150 valence electrons. The van der Waals surface area contributed by atoms with E-state index in [2.05, 4.69) is 15.5 Å². The zero-order valence-corrected chi connectivity index (χ0v) is 16.4. The summed E-state index contributed by atoms with van der Waals surface area (Å²) in [6, 6.07) is 9.75. The van der Waals surface area contributed by atoms with Crippen molar-refractivity contribution in [1.82, 2.24) is 0 Å². The van der Waals surface area contributed by atoms with E-state index in [1.54, 1.807) is 24.3 Å². The van der Waals surface area contributed by atoms with Gasteiger partial charge in [0.2, 0.25) is 5.91 Å². The summed E-state index contributed by atoms with van der Waals surface area (Å²) in [4.78, 5) is 10.9. The summed E-state index contributed by atoms with van der Waals surface area (Å²) in [6.07, 6.45) is 0. The molecule has 3 aromatic rings. The summed E-state index contributed by atoms with van der Waals surface area (Å²) in [5.41, 5.74) is -0.00745. The molecule has 0 aromatic heterocycles. The Labute approximate surface area is 170 Å². The van der Waals surface area contributed by atoms with Crippen molar-refractivity contribution in [1.29, 1.82) is 0 Å². The van der Waals surface area contributed by atoms with E-state index in [9.17, 15) is 28.0 Å². The third kappa shape index (κ3) is 4.29. The number of phenols is 2. The molecule has 11 heteroatoms. The normalized spacial score (nSPS) is 11.8. The van der Waals surface area contributed by atoms with Crippen LogP contribution in [-0.4, -0.2) is 29.1 Å². The highest BCUT2D eigenvalue weighted by Gasteiger charge is 2.17. The molecule has 0 heterocycles. The van der Waals surface area contributed by atoms with E-state index in [0.717, 1.165) is 12.1 Å². The first-order chi connectivity index (χ1) is 13.6. The molecule has 0 saturated heterocycles. The molecular formula is C18H14ClN3O6S. The number of rotatable bonds is 4. The lowest BCUT2D eigenvalue weighted by Crippen LogP contribution is -2.06. The van der Waals surface area contributed by atoms with Gasteiger partial charge in [-0.2, -0.15) is 8.42 Å². The predicted molar refractivity (Wildman–Crippen MR) is 107 cm³/mol. The second-order valence-electron chi connectivity index (χ2n) is 5.97. The predicted octanol–water partition coefficient (Wildman–Crippen LogP) is 4.52. The van der Waals surface area contributed by atoms with Crippen LogP contribution in [0.3, 0.4) is 0 Å². The highest BCUT2D eigenvalue weighted by molar-refractivity contribution is 7.85. The number of hydrogen-bond donors (Lipinski definition) is 4. The highest BCUT2D eigenvalue weighted by Crippen LogP contribution is 2.42. The standard InChI is InChI=1S/C18H14ClN3O6S/c1-9(23)20-13-4-2-3-10-5-6-15(24)17(16(10)13)22-21-14-8-11(29(26,27)28)7-12(19)18(14)25/h2-8,24-25H,1H3,(H,20,23)(H,26,27,28). The van der Waals surface area contributed by atoms with Gasteiger partial charge in [0.05, 0.1) is 15.6 Å². The number of carbonyl (C=O) groups excluding carboxylic acids is 1. The molecule has 3 rings (SSSR count). The molecule has 0 aliphatic heterocycles. The van der Waals surface area contributed by atoms with Crippen molar-refractivity contribution in [2.75, 3.05) is 5.32 Å². The van der Waals surface area contributed by atoms with Crippen molar-refractivity contribution < 1.29 is 28.0 Å². The Morgan fingerprint density at radius 3 is 2.48 bits per heavy atom. The van der Waals surface area contributed by atoms with E-state index in [0.29, 0.717) is 16.5 Å². The zero-order chi connectivity index (χ0) is 21.3. The third-order valence-corrected chi connectivity index (χ3v) is 5.00. The van der Waals surface area contributed by atoms with Gasteiger partial charge in [0.1, 0.15) is 17.1 Å². The van der Waals surface area contributed by atoms with Gasteiger partial charge in [-0.3, -0.25) is 9.35 Å². The maximum atomic E-state index is 11.5. The second-order valence-corrected chi connectivity index (χ2v) is 7.79. The lowest BCUT2D eigenvalue weighted by Gasteiger charge is -2.10. The number of benzene rings is 3. The number of phenolic OH excluding ortho intramolecular Hbond substituents is 2. The topological polar surface area (TPSA) is 149 Å². The molecule has 0 aliphatic carbocycles. The van der Waals surface area contributed by atoms with Crippen LogP contribution >= 0.6 is 11.6 Å². The van der Waals surface area contributed by atoms with E-state index in [1.165, 1.54) is 13.0 Å². The van der Waals surface area contributed by atoms with Crippen LogP contribution in [0.1, 0.15) is 6.92 Å². The maximum Gasteiger partial charge on any atom is 0.294 e. The van der Waals surface area contributed by atoms with Crippen molar-refractivity contribution in [3.63, 3.8) is 0 Å². The smallest absolute Gasteiger partial charge is 0.294 e. The number of nitrogens with one attached hydrogen (secondary N) is 1. The number of hydrogen-bond acceptors (Lipinski definition) is 7. The Bertz CT molecular complexity index is 1270. The minimum atomic E-state index is -4.60. The van der Waals surface area contributed by atoms with Crippen LogP contribution in [0, 0.1) is 0 Å². The van der Waals surface area contributed by atoms with Gasteiger partial charge in [0, 0.05) is 12.3 Å². The number of azo groups is 1. The fourth-order valence-electron chi connectivity index (χ4n) is 2.63. The van der Waals surface area contributed by atoms with Gasteiger partial charge in [0.15, 0.2) is 5.75 Å². The number of nitrogens with zero attached hydrogens (tertiary/aromatic N) is 2. The highest BCUT2D eigenvalue weighted by atomic mass is 35.5. The molecule has 0 unspecified atom stereocenters. The maximum absolute atomic E-state index is 11.5. The molecule has 3 aromatic carbocycles. The van der Waals surface area contributed by atoms with Crippen molar-refractivity contribution in [3.05, 3.63) is 47.5 Å². The van der Waals surface area contributed by atoms with Gasteiger partial charge in [-0.05, 0) is 29.7 Å². The summed E-state index contributed by atoms with van der Waals surface area (Å²) in [5.74, 6) is -1.17. The fraction of sp³-hybridized carbons (Fsp3) is 0.0556. The van der Waals surface area contributed by atoms with Gasteiger partial charge in [0.25, 0.3) is 10.1 Å². The van der Waals surface area contributed by atoms with Gasteiger partial charge in [-0.25, -0.2) is 0 Å². The third-order valence-electron chi connectivity index (χ3n) is 3.88. The summed E-state index contributed by atoms with van der Waals surface area (Å²) >= 11 is 5.79. The zero-order valence-electron chi connectivity index (χ0n) is 14.8. The number of anilines is 1. The van der Waals surface area contributed by atoms with Crippen molar-refractivity contribution in [2.24, 2.45) is 10.2 Å². The summed E-state index contributed by atoms with van der Waals surface area (Å²) in [6.45, 7) is 1.32. The summed E-state index contributed by atoms with van der Waals surface area (Å²) < 4.78 is 31.9. The lowest BCUT2D eigenvalue weighted by molar-refractivity contribution is -0.114. The lowest BCUT2D eigenvalue weighted by atomic mass is 10.1. The minimum Gasteiger partial charge on any atom is -0.506 e. The number of aromatic hydroxyl groups is 2. The molecule has 0 saturated carbocycles. The molecule has 0 atom stereocenters. The summed E-state index contributed by atoms with van der Waals surface area (Å²) in [7, 11) is -4.60. The molecule has 0 spiro atoms. The molecule has 0 fully saturated rings. The molecule has 4 N–H and O–H groups in total. The number of fused-ring (bicyclic) bond motifs is 1. The van der Waals surface area contributed by atoms with Crippen molar-refractivity contribution >= 4 is 55.5 Å². The molecule has 9 nitrogen and oxygen atoms in total. The molecule has 29 heavy (non-hydrogen) atoms. The van der Waals surface area contributed by atoms with E-state index in [-0.39, 0.29) is 28.1 Å². The Kier molecular flexibility index (Phi) is 5.42. The second kappa shape index (κ2) is 7.66. The molecular weight excluding hydrogens is 422 g/mol. The Morgan fingerprint density at radius 1 is 1.10 bits per heavy atom. The Morgan fingerprint density at radius 2 is 1.83 bits per heavy atom. The largest absolute Gasteiger partial charge is 0.506 e. The summed E-state index contributed by atoms with van der Waals surface area (Å²) in [5, 5.41) is 31.3. The van der Waals surface area contributed by atoms with Gasteiger partial charge in [-0.15, -0.1) is 10.2 Å². The SMILES string of the molecule is CC(=O)Nc1cccc2ccc(O)c(N=Nc3cc(S(=O)(=O)O)cc(Cl)c3O)c12. The van der Waals surface area contributed by atoms with Crippen LogP contribution < -0.4 is 5.32 Å². The van der Waals surface area contributed by atoms with Crippen LogP contribution in [0.5, 0.6) is 11.5 Å². The van der Waals surface area contributed by atoms with Crippen molar-refractivity contribution in [3.8, 4) is 11.5 Å². The van der Waals surface area contributed by atoms with Crippen LogP contribution in [0.15, 0.2) is 57.6 Å². The van der Waals surface area contributed by atoms with E-state index >= 15 is 0 Å². The van der Waals surface area contributed by atoms with Gasteiger partial charge in [-0.1, -0.05) is 29.8 Å². The van der Waals surface area contributed by atoms with Crippen molar-refractivity contribution in [2.45, 2.75) is 11.8 Å². The van der Waals surface area contributed by atoms with E-state index in [1.807, 2.05) is 0 Å². The van der Waals surface area contributed by atoms with E-state index < -0.39 is 20.8 Å².